The third-order valence-corrected chi connectivity index (χ3v) is 4.08. The Labute approximate surface area is 166 Å². The van der Waals surface area contributed by atoms with E-state index in [-0.39, 0.29) is 17.9 Å². The van der Waals surface area contributed by atoms with E-state index >= 15 is 0 Å². The Morgan fingerprint density at radius 1 is 1.14 bits per heavy atom. The molecule has 0 aliphatic carbocycles. The first-order chi connectivity index (χ1) is 13.7. The number of phenolic OH excluding ortho intramolecular Hbond substituents is 1. The van der Waals surface area contributed by atoms with Crippen LogP contribution >= 0.6 is 0 Å². The van der Waals surface area contributed by atoms with Crippen LogP contribution in [0, 0.1) is 5.82 Å². The highest BCUT2D eigenvalue weighted by Crippen LogP contribution is 2.33. The van der Waals surface area contributed by atoms with E-state index in [1.54, 1.807) is 12.1 Å². The summed E-state index contributed by atoms with van der Waals surface area (Å²) < 4.78 is 57.6. The summed E-state index contributed by atoms with van der Waals surface area (Å²) in [6.07, 6.45) is -4.08. The first-order valence-electron chi connectivity index (χ1n) is 8.98. The number of nitrogens with zero attached hydrogens (tertiary/aromatic N) is 1. The van der Waals surface area contributed by atoms with Gasteiger partial charge in [0, 0.05) is 13.1 Å². The number of ether oxygens (including phenoxy) is 1. The highest BCUT2D eigenvalue weighted by molar-refractivity contribution is 5.79. The van der Waals surface area contributed by atoms with E-state index in [4.69, 9.17) is 4.74 Å². The number of benzene rings is 2. The predicted molar refractivity (Wildman–Crippen MR) is 103 cm³/mol. The van der Waals surface area contributed by atoms with Gasteiger partial charge in [-0.3, -0.25) is 0 Å². The molecule has 0 fully saturated rings. The Balaban J connectivity index is 2.05. The van der Waals surface area contributed by atoms with Gasteiger partial charge in [0.1, 0.15) is 5.82 Å². The summed E-state index contributed by atoms with van der Waals surface area (Å²) in [4.78, 5) is 4.17. The summed E-state index contributed by atoms with van der Waals surface area (Å²) in [6, 6.07) is 7.53. The maximum absolute atomic E-state index is 13.2. The van der Waals surface area contributed by atoms with Crippen molar-refractivity contribution >= 4 is 5.96 Å². The predicted octanol–water partition coefficient (Wildman–Crippen LogP) is 3.86. The second kappa shape index (κ2) is 9.99. The van der Waals surface area contributed by atoms with Crippen molar-refractivity contribution in [2.45, 2.75) is 26.1 Å². The van der Waals surface area contributed by atoms with Gasteiger partial charge in [0.2, 0.25) is 0 Å². The average molecular weight is 413 g/mol. The zero-order valence-corrected chi connectivity index (χ0v) is 16.1. The van der Waals surface area contributed by atoms with Gasteiger partial charge in [-0.05, 0) is 48.7 Å². The number of guanidine groups is 1. The van der Waals surface area contributed by atoms with Crippen LogP contribution in [0.2, 0.25) is 0 Å². The molecule has 0 aromatic heterocycles. The molecule has 0 amide bonds. The van der Waals surface area contributed by atoms with Crippen LogP contribution in [-0.4, -0.2) is 31.3 Å². The van der Waals surface area contributed by atoms with Gasteiger partial charge in [0.05, 0.1) is 19.2 Å². The van der Waals surface area contributed by atoms with Crippen molar-refractivity contribution in [2.75, 3.05) is 20.2 Å². The quantitative estimate of drug-likeness (QED) is 0.367. The fraction of sp³-hybridized carbons (Fsp3) is 0.350. The number of methoxy groups -OCH3 is 1. The number of aromatic hydroxyl groups is 1. The van der Waals surface area contributed by atoms with Gasteiger partial charge in [0.25, 0.3) is 0 Å². The summed E-state index contributed by atoms with van der Waals surface area (Å²) >= 11 is 0. The van der Waals surface area contributed by atoms with Crippen molar-refractivity contribution < 1.29 is 27.4 Å². The van der Waals surface area contributed by atoms with E-state index in [0.717, 1.165) is 17.7 Å². The van der Waals surface area contributed by atoms with Crippen LogP contribution in [0.25, 0.3) is 0 Å². The Bertz CT molecular complexity index is 854. The minimum Gasteiger partial charge on any atom is -0.504 e. The van der Waals surface area contributed by atoms with E-state index in [9.17, 15) is 22.7 Å². The molecule has 5 nitrogen and oxygen atoms in total. The molecule has 0 heterocycles. The fourth-order valence-corrected chi connectivity index (χ4v) is 2.66. The molecule has 0 spiro atoms. The highest BCUT2D eigenvalue weighted by Gasteiger charge is 2.33. The number of rotatable bonds is 7. The van der Waals surface area contributed by atoms with Gasteiger partial charge in [-0.1, -0.05) is 12.1 Å². The molecule has 2 rings (SSSR count). The zero-order chi connectivity index (χ0) is 21.4. The lowest BCUT2D eigenvalue weighted by Crippen LogP contribution is -2.38. The van der Waals surface area contributed by atoms with Gasteiger partial charge in [0.15, 0.2) is 17.5 Å². The number of hydrogen-bond donors (Lipinski definition) is 3. The standard InChI is InChI=1S/C20H23F4N3O2/c1-3-25-19(26-9-8-13-4-7-17(28)18(10-13)29-2)27-12-14-5-6-15(21)11-16(14)20(22,23)24/h4-7,10-11,28H,3,8-9,12H2,1-2H3,(H2,25,26,27). The van der Waals surface area contributed by atoms with Crippen molar-refractivity contribution in [3.63, 3.8) is 0 Å². The molecule has 0 aliphatic heterocycles. The molecule has 3 N–H and O–H groups in total. The lowest BCUT2D eigenvalue weighted by molar-refractivity contribution is -0.138. The van der Waals surface area contributed by atoms with Crippen LogP contribution in [0.3, 0.4) is 0 Å². The molecule has 2 aromatic rings. The van der Waals surface area contributed by atoms with E-state index in [2.05, 4.69) is 15.6 Å². The second-order valence-electron chi connectivity index (χ2n) is 6.18. The molecule has 0 radical (unpaired) electrons. The molecule has 2 aromatic carbocycles. The van der Waals surface area contributed by atoms with Crippen LogP contribution in [0.15, 0.2) is 41.4 Å². The van der Waals surface area contributed by atoms with Crippen LogP contribution in [0.1, 0.15) is 23.6 Å². The lowest BCUT2D eigenvalue weighted by Gasteiger charge is -2.14. The summed E-state index contributed by atoms with van der Waals surface area (Å²) in [5.74, 6) is -0.201. The van der Waals surface area contributed by atoms with E-state index in [1.807, 2.05) is 6.92 Å². The minimum absolute atomic E-state index is 0.0406. The summed E-state index contributed by atoms with van der Waals surface area (Å²) in [5.41, 5.74) is -0.242. The molecule has 0 atom stereocenters. The number of aliphatic imine (C=N–C) groups is 1. The van der Waals surface area contributed by atoms with Gasteiger partial charge in [-0.25, -0.2) is 9.38 Å². The molecular weight excluding hydrogens is 390 g/mol. The molecule has 0 bridgehead atoms. The molecule has 158 valence electrons. The number of alkyl halides is 3. The van der Waals surface area contributed by atoms with Crippen molar-refractivity contribution in [1.82, 2.24) is 10.6 Å². The molecule has 0 saturated heterocycles. The van der Waals surface area contributed by atoms with Crippen LogP contribution in [-0.2, 0) is 19.1 Å². The van der Waals surface area contributed by atoms with Gasteiger partial charge in [-0.15, -0.1) is 0 Å². The van der Waals surface area contributed by atoms with E-state index < -0.39 is 17.6 Å². The number of halogens is 4. The number of phenols is 1. The Kier molecular flexibility index (Phi) is 7.69. The topological polar surface area (TPSA) is 65.9 Å². The largest absolute Gasteiger partial charge is 0.504 e. The molecular formula is C20H23F4N3O2. The van der Waals surface area contributed by atoms with Crippen LogP contribution < -0.4 is 15.4 Å². The van der Waals surface area contributed by atoms with Crippen molar-refractivity contribution in [3.05, 3.63) is 58.9 Å². The third-order valence-electron chi connectivity index (χ3n) is 4.08. The first kappa shape index (κ1) is 22.3. The van der Waals surface area contributed by atoms with Crippen LogP contribution in [0.5, 0.6) is 11.5 Å². The number of hydrogen-bond acceptors (Lipinski definition) is 3. The number of nitrogens with one attached hydrogen (secondary N) is 2. The first-order valence-corrected chi connectivity index (χ1v) is 8.98. The Morgan fingerprint density at radius 2 is 1.90 bits per heavy atom. The molecule has 9 heteroatoms. The Morgan fingerprint density at radius 3 is 2.55 bits per heavy atom. The average Bonchev–Trinajstić information content (AvgIpc) is 2.67. The SMILES string of the molecule is CCNC(=NCc1ccc(F)cc1C(F)(F)F)NCCc1ccc(O)c(OC)c1. The fourth-order valence-electron chi connectivity index (χ4n) is 2.66. The third kappa shape index (κ3) is 6.55. The summed E-state index contributed by atoms with van der Waals surface area (Å²) in [7, 11) is 1.46. The van der Waals surface area contributed by atoms with Crippen LogP contribution in [0.4, 0.5) is 17.6 Å². The maximum Gasteiger partial charge on any atom is 0.416 e. The van der Waals surface area contributed by atoms with E-state index in [0.29, 0.717) is 37.3 Å². The molecule has 0 saturated carbocycles. The minimum atomic E-state index is -4.66. The molecule has 0 unspecified atom stereocenters. The smallest absolute Gasteiger partial charge is 0.416 e. The van der Waals surface area contributed by atoms with Gasteiger partial charge >= 0.3 is 6.18 Å². The monoisotopic (exact) mass is 413 g/mol. The van der Waals surface area contributed by atoms with Crippen molar-refractivity contribution in [2.24, 2.45) is 4.99 Å². The second-order valence-corrected chi connectivity index (χ2v) is 6.18. The maximum atomic E-state index is 13.2. The van der Waals surface area contributed by atoms with E-state index in [1.165, 1.54) is 13.2 Å². The van der Waals surface area contributed by atoms with Crippen molar-refractivity contribution in [3.8, 4) is 11.5 Å². The molecule has 29 heavy (non-hydrogen) atoms. The summed E-state index contributed by atoms with van der Waals surface area (Å²) in [6.45, 7) is 2.56. The lowest BCUT2D eigenvalue weighted by atomic mass is 10.1. The van der Waals surface area contributed by atoms with Gasteiger partial charge < -0.3 is 20.5 Å². The summed E-state index contributed by atoms with van der Waals surface area (Å²) in [5, 5.41) is 15.6. The Hall–Kier alpha value is -2.97. The highest BCUT2D eigenvalue weighted by atomic mass is 19.4. The van der Waals surface area contributed by atoms with Crippen molar-refractivity contribution in [1.29, 1.82) is 0 Å². The zero-order valence-electron chi connectivity index (χ0n) is 16.1. The van der Waals surface area contributed by atoms with Gasteiger partial charge in [-0.2, -0.15) is 13.2 Å². The molecule has 0 aliphatic rings. The normalized spacial score (nSPS) is 12.0.